The number of halogens is 3. The van der Waals surface area contributed by atoms with E-state index in [0.29, 0.717) is 6.07 Å². The molecular formula is C15H14F3N3O3. The van der Waals surface area contributed by atoms with Gasteiger partial charge in [-0.15, -0.1) is 0 Å². The number of hydrogen-bond acceptors (Lipinski definition) is 3. The second-order valence-corrected chi connectivity index (χ2v) is 6.07. The molecule has 0 bridgehead atoms. The van der Waals surface area contributed by atoms with Gasteiger partial charge in [0.25, 0.3) is 5.91 Å². The van der Waals surface area contributed by atoms with E-state index in [2.05, 4.69) is 5.32 Å². The second kappa shape index (κ2) is 5.50. The van der Waals surface area contributed by atoms with Crippen LogP contribution >= 0.6 is 0 Å². The van der Waals surface area contributed by atoms with Crippen LogP contribution in [0.2, 0.25) is 0 Å². The lowest BCUT2D eigenvalue weighted by Crippen LogP contribution is -2.46. The van der Waals surface area contributed by atoms with Gasteiger partial charge in [0.05, 0.1) is 5.69 Å². The normalized spacial score (nSPS) is 23.4. The van der Waals surface area contributed by atoms with Crippen molar-refractivity contribution in [1.82, 2.24) is 10.2 Å². The quantitative estimate of drug-likeness (QED) is 0.647. The van der Waals surface area contributed by atoms with Crippen LogP contribution in [0.25, 0.3) is 0 Å². The Morgan fingerprint density at radius 2 is 1.96 bits per heavy atom. The van der Waals surface area contributed by atoms with Gasteiger partial charge < -0.3 is 10.6 Å². The van der Waals surface area contributed by atoms with Gasteiger partial charge >= 0.3 is 6.03 Å². The number of carbonyl (C=O) groups is 3. The van der Waals surface area contributed by atoms with Gasteiger partial charge in [0.2, 0.25) is 5.91 Å². The Labute approximate surface area is 135 Å². The van der Waals surface area contributed by atoms with Gasteiger partial charge in [-0.05, 0) is 37.8 Å². The number of rotatable bonds is 4. The topological polar surface area (TPSA) is 78.5 Å². The molecule has 2 aliphatic rings. The van der Waals surface area contributed by atoms with Crippen LogP contribution in [0.5, 0.6) is 0 Å². The average Bonchev–Trinajstić information content (AvgIpc) is 3.34. The molecule has 2 fully saturated rings. The molecule has 24 heavy (non-hydrogen) atoms. The minimum absolute atomic E-state index is 0.0330. The summed E-state index contributed by atoms with van der Waals surface area (Å²) < 4.78 is 39.5. The molecule has 1 saturated heterocycles. The summed E-state index contributed by atoms with van der Waals surface area (Å²) >= 11 is 0. The number of benzene rings is 1. The Morgan fingerprint density at radius 1 is 1.29 bits per heavy atom. The van der Waals surface area contributed by atoms with Crippen molar-refractivity contribution >= 4 is 23.5 Å². The number of anilines is 1. The van der Waals surface area contributed by atoms with Crippen LogP contribution in [0.4, 0.5) is 23.7 Å². The molecule has 1 aliphatic carbocycles. The molecule has 0 radical (unpaired) electrons. The largest absolute Gasteiger partial charge is 0.325 e. The maximum Gasteiger partial charge on any atom is 0.325 e. The number of imide groups is 1. The van der Waals surface area contributed by atoms with E-state index in [4.69, 9.17) is 0 Å². The van der Waals surface area contributed by atoms with Crippen molar-refractivity contribution in [2.75, 3.05) is 11.9 Å². The molecule has 1 heterocycles. The van der Waals surface area contributed by atoms with E-state index >= 15 is 0 Å². The number of nitrogens with one attached hydrogen (secondary N) is 2. The van der Waals surface area contributed by atoms with Crippen molar-refractivity contribution in [2.45, 2.75) is 25.3 Å². The zero-order valence-electron chi connectivity index (χ0n) is 12.7. The van der Waals surface area contributed by atoms with Crippen LogP contribution in [0.15, 0.2) is 12.1 Å². The summed E-state index contributed by atoms with van der Waals surface area (Å²) in [6, 6.07) is 0.799. The van der Waals surface area contributed by atoms with Gasteiger partial charge in [0.15, 0.2) is 17.5 Å². The van der Waals surface area contributed by atoms with Crippen molar-refractivity contribution in [2.24, 2.45) is 5.92 Å². The summed E-state index contributed by atoms with van der Waals surface area (Å²) in [6.45, 7) is 0.948. The fourth-order valence-electron chi connectivity index (χ4n) is 2.75. The van der Waals surface area contributed by atoms with Crippen molar-refractivity contribution in [3.8, 4) is 0 Å². The van der Waals surface area contributed by atoms with Crippen LogP contribution in [-0.4, -0.2) is 34.8 Å². The predicted octanol–water partition coefficient (Wildman–Crippen LogP) is 1.76. The van der Waals surface area contributed by atoms with E-state index in [0.717, 1.165) is 23.8 Å². The molecular weight excluding hydrogens is 327 g/mol. The lowest BCUT2D eigenvalue weighted by atomic mass is 9.96. The highest BCUT2D eigenvalue weighted by Crippen LogP contribution is 2.42. The number of hydrogen-bond donors (Lipinski definition) is 2. The molecule has 128 valence electrons. The second-order valence-electron chi connectivity index (χ2n) is 6.07. The van der Waals surface area contributed by atoms with Gasteiger partial charge in [-0.3, -0.25) is 14.5 Å². The van der Waals surface area contributed by atoms with E-state index in [9.17, 15) is 27.6 Å². The fraction of sp³-hybridized carbons (Fsp3) is 0.400. The summed E-state index contributed by atoms with van der Waals surface area (Å²) in [7, 11) is 0. The first kappa shape index (κ1) is 16.3. The monoisotopic (exact) mass is 341 g/mol. The van der Waals surface area contributed by atoms with Crippen LogP contribution < -0.4 is 10.6 Å². The first-order valence-electron chi connectivity index (χ1n) is 7.31. The van der Waals surface area contributed by atoms with Gasteiger partial charge in [0, 0.05) is 0 Å². The van der Waals surface area contributed by atoms with Crippen LogP contribution in [-0.2, 0) is 9.59 Å². The average molecular weight is 341 g/mol. The molecule has 6 nitrogen and oxygen atoms in total. The van der Waals surface area contributed by atoms with Crippen LogP contribution in [0.3, 0.4) is 0 Å². The van der Waals surface area contributed by atoms with Gasteiger partial charge in [-0.1, -0.05) is 0 Å². The zero-order valence-corrected chi connectivity index (χ0v) is 12.7. The maximum atomic E-state index is 13.5. The van der Waals surface area contributed by atoms with Crippen molar-refractivity contribution in [3.05, 3.63) is 29.6 Å². The number of nitrogens with zero attached hydrogens (tertiary/aromatic N) is 1. The van der Waals surface area contributed by atoms with E-state index in [1.165, 1.54) is 0 Å². The molecule has 1 aromatic rings. The molecule has 1 saturated carbocycles. The highest BCUT2D eigenvalue weighted by atomic mass is 19.2. The smallest absolute Gasteiger partial charge is 0.323 e. The maximum absolute atomic E-state index is 13.5. The van der Waals surface area contributed by atoms with E-state index < -0.39 is 53.1 Å². The van der Waals surface area contributed by atoms with E-state index in [-0.39, 0.29) is 5.92 Å². The van der Waals surface area contributed by atoms with Crippen molar-refractivity contribution in [3.63, 3.8) is 0 Å². The summed E-state index contributed by atoms with van der Waals surface area (Å²) in [5.41, 5.74) is -1.61. The van der Waals surface area contributed by atoms with Crippen molar-refractivity contribution < 1.29 is 27.6 Å². The Morgan fingerprint density at radius 3 is 2.58 bits per heavy atom. The third-order valence-corrected chi connectivity index (χ3v) is 4.31. The summed E-state index contributed by atoms with van der Waals surface area (Å²) in [5.74, 6) is -6.06. The minimum Gasteiger partial charge on any atom is -0.323 e. The molecule has 9 heteroatoms. The zero-order chi connectivity index (χ0) is 17.6. The highest BCUT2D eigenvalue weighted by molar-refractivity contribution is 6.10. The predicted molar refractivity (Wildman–Crippen MR) is 76.3 cm³/mol. The Bertz CT molecular complexity index is 751. The molecule has 1 aliphatic heterocycles. The Kier molecular flexibility index (Phi) is 3.73. The lowest BCUT2D eigenvalue weighted by molar-refractivity contribution is -0.134. The van der Waals surface area contributed by atoms with Crippen LogP contribution in [0, 0.1) is 23.4 Å². The molecule has 0 aromatic heterocycles. The lowest BCUT2D eigenvalue weighted by Gasteiger charge is -2.20. The minimum atomic E-state index is -1.72. The van der Waals surface area contributed by atoms with Crippen molar-refractivity contribution in [1.29, 1.82) is 0 Å². The molecule has 0 spiro atoms. The summed E-state index contributed by atoms with van der Waals surface area (Å²) in [5, 5.41) is 4.59. The number of carbonyl (C=O) groups excluding carboxylic acids is 3. The first-order valence-corrected chi connectivity index (χ1v) is 7.31. The third kappa shape index (κ3) is 2.59. The summed E-state index contributed by atoms with van der Waals surface area (Å²) in [4.78, 5) is 36.9. The molecule has 3 rings (SSSR count). The molecule has 1 unspecified atom stereocenters. The van der Waals surface area contributed by atoms with Gasteiger partial charge in [0.1, 0.15) is 12.1 Å². The molecule has 1 aromatic carbocycles. The molecule has 1 atom stereocenters. The van der Waals surface area contributed by atoms with E-state index in [1.807, 2.05) is 5.32 Å². The standard InChI is InChI=1S/C15H14F3N3O3/c1-15(7-2-3-7)13(23)21(14(24)20-15)6-10(22)19-9-5-4-8(16)11(17)12(9)18/h4-5,7H,2-3,6H2,1H3,(H,19,22)(H,20,24). The molecule has 2 N–H and O–H groups in total. The Hall–Kier alpha value is -2.58. The SMILES string of the molecule is CC1(C2CC2)NC(=O)N(CC(=O)Nc2ccc(F)c(F)c2F)C1=O. The third-order valence-electron chi connectivity index (χ3n) is 4.31. The fourth-order valence-corrected chi connectivity index (χ4v) is 2.75. The van der Waals surface area contributed by atoms with Gasteiger partial charge in [-0.2, -0.15) is 0 Å². The van der Waals surface area contributed by atoms with Gasteiger partial charge in [-0.25, -0.2) is 18.0 Å². The highest BCUT2D eigenvalue weighted by Gasteiger charge is 2.56. The van der Waals surface area contributed by atoms with E-state index in [1.54, 1.807) is 6.92 Å². The number of urea groups is 1. The Balaban J connectivity index is 1.70. The molecule has 4 amide bonds. The van der Waals surface area contributed by atoms with Crippen LogP contribution in [0.1, 0.15) is 19.8 Å². The number of amides is 4. The first-order chi connectivity index (χ1) is 11.2. The summed E-state index contributed by atoms with van der Waals surface area (Å²) in [6.07, 6.45) is 1.62.